The first-order chi connectivity index (χ1) is 14.6. The lowest BCUT2D eigenvalue weighted by Gasteiger charge is -2.37. The number of amides is 2. The van der Waals surface area contributed by atoms with Crippen molar-refractivity contribution in [2.45, 2.75) is 18.9 Å². The van der Waals surface area contributed by atoms with E-state index in [0.29, 0.717) is 0 Å². The highest BCUT2D eigenvalue weighted by Gasteiger charge is 2.26. The van der Waals surface area contributed by atoms with Crippen LogP contribution in [0.2, 0.25) is 0 Å². The lowest BCUT2D eigenvalue weighted by molar-refractivity contribution is 0.193. The second-order valence-electron chi connectivity index (χ2n) is 7.54. The molecule has 0 radical (unpaired) electrons. The third kappa shape index (κ3) is 4.59. The summed E-state index contributed by atoms with van der Waals surface area (Å²) in [4.78, 5) is 20.8. The van der Waals surface area contributed by atoms with Crippen LogP contribution in [0.5, 0.6) is 0 Å². The Labute approximate surface area is 176 Å². The summed E-state index contributed by atoms with van der Waals surface area (Å²) in [7, 11) is 1.84. The molecule has 0 atom stereocenters. The van der Waals surface area contributed by atoms with E-state index in [1.807, 2.05) is 49.5 Å². The van der Waals surface area contributed by atoms with Gasteiger partial charge in [0.2, 0.25) is 0 Å². The molecule has 30 heavy (non-hydrogen) atoms. The molecule has 4 rings (SSSR count). The normalized spacial score (nSPS) is 14.4. The number of piperidine rings is 1. The topological polar surface area (TPSA) is 48.5 Å². The van der Waals surface area contributed by atoms with Crippen molar-refractivity contribution in [3.63, 3.8) is 0 Å². The highest BCUT2D eigenvalue weighted by atomic mass is 19.1. The number of urea groups is 1. The minimum absolute atomic E-state index is 0.110. The summed E-state index contributed by atoms with van der Waals surface area (Å²) >= 11 is 0. The molecule has 154 valence electrons. The molecular weight excluding hydrogens is 379 g/mol. The maximum Gasteiger partial charge on any atom is 0.321 e. The van der Waals surface area contributed by atoms with E-state index >= 15 is 0 Å². The Balaban J connectivity index is 1.31. The number of carbonyl (C=O) groups is 1. The number of aromatic nitrogens is 1. The fourth-order valence-electron chi connectivity index (χ4n) is 3.79. The molecule has 0 unspecified atom stereocenters. The van der Waals surface area contributed by atoms with Crippen molar-refractivity contribution in [1.29, 1.82) is 0 Å². The number of benzene rings is 2. The van der Waals surface area contributed by atoms with E-state index in [1.54, 1.807) is 11.0 Å². The summed E-state index contributed by atoms with van der Waals surface area (Å²) in [6.45, 7) is 1.57. The molecule has 1 aromatic heterocycles. The van der Waals surface area contributed by atoms with Crippen LogP contribution in [0.4, 0.5) is 20.7 Å². The number of nitrogens with zero attached hydrogens (tertiary/aromatic N) is 3. The van der Waals surface area contributed by atoms with Gasteiger partial charge >= 0.3 is 6.03 Å². The number of nitrogens with one attached hydrogen (secondary N) is 1. The average Bonchev–Trinajstić information content (AvgIpc) is 2.80. The molecule has 1 N–H and O–H groups in total. The Bertz CT molecular complexity index is 968. The maximum absolute atomic E-state index is 13.1. The molecule has 5 nitrogen and oxygen atoms in total. The van der Waals surface area contributed by atoms with E-state index in [9.17, 15) is 9.18 Å². The van der Waals surface area contributed by atoms with Crippen LogP contribution in [0.15, 0.2) is 72.9 Å². The third-order valence-electron chi connectivity index (χ3n) is 5.61. The zero-order valence-corrected chi connectivity index (χ0v) is 17.0. The van der Waals surface area contributed by atoms with E-state index in [4.69, 9.17) is 0 Å². The van der Waals surface area contributed by atoms with Gasteiger partial charge in [0.05, 0.1) is 6.20 Å². The van der Waals surface area contributed by atoms with Crippen LogP contribution in [0, 0.1) is 5.82 Å². The van der Waals surface area contributed by atoms with Crippen LogP contribution in [-0.2, 0) is 0 Å². The van der Waals surface area contributed by atoms with Gasteiger partial charge in [-0.05, 0) is 48.2 Å². The Hall–Kier alpha value is -3.41. The molecule has 0 saturated carbocycles. The number of anilines is 2. The maximum atomic E-state index is 13.1. The molecule has 0 aliphatic carbocycles. The predicted molar refractivity (Wildman–Crippen MR) is 118 cm³/mol. The van der Waals surface area contributed by atoms with Gasteiger partial charge in [0, 0.05) is 31.9 Å². The monoisotopic (exact) mass is 404 g/mol. The fraction of sp³-hybridized carbons (Fsp3) is 0.250. The molecule has 1 fully saturated rings. The standard InChI is InChI=1S/C24H25FN4O/c1-28(22-13-15-29(16-14-22)23-12-9-20(25)17-26-23)24(30)27-21-10-7-19(8-11-21)18-5-3-2-4-6-18/h2-12,17,22H,13-16H2,1H3,(H,27,30). The molecule has 2 amide bonds. The van der Waals surface area contributed by atoms with Crippen LogP contribution in [0.1, 0.15) is 12.8 Å². The van der Waals surface area contributed by atoms with Crippen molar-refractivity contribution in [2.24, 2.45) is 0 Å². The molecule has 1 saturated heterocycles. The number of pyridine rings is 1. The first-order valence-corrected chi connectivity index (χ1v) is 10.2. The summed E-state index contributed by atoms with van der Waals surface area (Å²) in [6.07, 6.45) is 2.93. The van der Waals surface area contributed by atoms with Crippen molar-refractivity contribution in [3.05, 3.63) is 78.7 Å². The Kier molecular flexibility index (Phi) is 5.93. The van der Waals surface area contributed by atoms with Gasteiger partial charge in [-0.2, -0.15) is 0 Å². The highest BCUT2D eigenvalue weighted by Crippen LogP contribution is 2.23. The van der Waals surface area contributed by atoms with Gasteiger partial charge in [-0.25, -0.2) is 14.2 Å². The molecule has 3 aromatic rings. The van der Waals surface area contributed by atoms with Gasteiger partial charge in [-0.1, -0.05) is 42.5 Å². The molecule has 0 bridgehead atoms. The zero-order chi connectivity index (χ0) is 20.9. The van der Waals surface area contributed by atoms with Crippen LogP contribution in [-0.4, -0.2) is 42.1 Å². The van der Waals surface area contributed by atoms with Crippen molar-refractivity contribution in [3.8, 4) is 11.1 Å². The van der Waals surface area contributed by atoms with E-state index < -0.39 is 0 Å². The zero-order valence-electron chi connectivity index (χ0n) is 17.0. The van der Waals surface area contributed by atoms with E-state index in [0.717, 1.165) is 48.6 Å². The smallest absolute Gasteiger partial charge is 0.321 e. The van der Waals surface area contributed by atoms with Gasteiger partial charge < -0.3 is 15.1 Å². The Morgan fingerprint density at radius 3 is 2.30 bits per heavy atom. The molecule has 6 heteroatoms. The minimum atomic E-state index is -0.332. The third-order valence-corrected chi connectivity index (χ3v) is 5.61. The first kappa shape index (κ1) is 19.9. The van der Waals surface area contributed by atoms with E-state index in [2.05, 4.69) is 27.3 Å². The quantitative estimate of drug-likeness (QED) is 0.664. The lowest BCUT2D eigenvalue weighted by atomic mass is 10.0. The van der Waals surface area contributed by atoms with Crippen LogP contribution in [0.25, 0.3) is 11.1 Å². The lowest BCUT2D eigenvalue weighted by Crippen LogP contribution is -2.47. The van der Waals surface area contributed by atoms with Crippen molar-refractivity contribution in [2.75, 3.05) is 30.4 Å². The van der Waals surface area contributed by atoms with E-state index in [1.165, 1.54) is 12.3 Å². The van der Waals surface area contributed by atoms with Crippen LogP contribution in [0.3, 0.4) is 0 Å². The van der Waals surface area contributed by atoms with Crippen molar-refractivity contribution < 1.29 is 9.18 Å². The number of hydrogen-bond donors (Lipinski definition) is 1. The number of carbonyl (C=O) groups excluding carboxylic acids is 1. The SMILES string of the molecule is CN(C(=O)Nc1ccc(-c2ccccc2)cc1)C1CCN(c2ccc(F)cn2)CC1. The number of halogens is 1. The van der Waals surface area contributed by atoms with E-state index in [-0.39, 0.29) is 17.9 Å². The number of hydrogen-bond acceptors (Lipinski definition) is 3. The largest absolute Gasteiger partial charge is 0.356 e. The Morgan fingerprint density at radius 2 is 1.67 bits per heavy atom. The average molecular weight is 404 g/mol. The van der Waals surface area contributed by atoms with Gasteiger partial charge in [0.25, 0.3) is 0 Å². The van der Waals surface area contributed by atoms with Crippen molar-refractivity contribution >= 4 is 17.5 Å². The summed E-state index contributed by atoms with van der Waals surface area (Å²) in [5.74, 6) is 0.447. The number of rotatable bonds is 4. The second-order valence-corrected chi connectivity index (χ2v) is 7.54. The fourth-order valence-corrected chi connectivity index (χ4v) is 3.79. The van der Waals surface area contributed by atoms with Gasteiger partial charge in [-0.15, -0.1) is 0 Å². The summed E-state index contributed by atoms with van der Waals surface area (Å²) in [5, 5.41) is 2.99. The molecule has 2 aromatic carbocycles. The predicted octanol–water partition coefficient (Wildman–Crippen LogP) is 5.02. The van der Waals surface area contributed by atoms with Gasteiger partial charge in [-0.3, -0.25) is 0 Å². The van der Waals surface area contributed by atoms with Crippen LogP contribution >= 0.6 is 0 Å². The van der Waals surface area contributed by atoms with Gasteiger partial charge in [0.1, 0.15) is 11.6 Å². The van der Waals surface area contributed by atoms with Gasteiger partial charge in [0.15, 0.2) is 0 Å². The summed E-state index contributed by atoms with van der Waals surface area (Å²) in [6, 6.07) is 21.2. The molecule has 1 aliphatic rings. The Morgan fingerprint density at radius 1 is 1.00 bits per heavy atom. The van der Waals surface area contributed by atoms with Crippen LogP contribution < -0.4 is 10.2 Å². The van der Waals surface area contributed by atoms with Crippen molar-refractivity contribution in [1.82, 2.24) is 9.88 Å². The second kappa shape index (κ2) is 8.95. The molecule has 2 heterocycles. The molecule has 1 aliphatic heterocycles. The summed E-state index contributed by atoms with van der Waals surface area (Å²) < 4.78 is 13.1. The first-order valence-electron chi connectivity index (χ1n) is 10.2. The minimum Gasteiger partial charge on any atom is -0.356 e. The highest BCUT2D eigenvalue weighted by molar-refractivity contribution is 5.89. The molecular formula is C24H25FN4O. The molecule has 0 spiro atoms. The summed E-state index contributed by atoms with van der Waals surface area (Å²) in [5.41, 5.74) is 3.04.